The summed E-state index contributed by atoms with van der Waals surface area (Å²) in [7, 11) is 15.2. The average Bonchev–Trinajstić information content (AvgIpc) is 3.27. The van der Waals surface area contributed by atoms with Crippen LogP contribution in [0, 0.1) is 0 Å². The minimum atomic E-state index is -4.06. The van der Waals surface area contributed by atoms with Crippen LogP contribution in [0.15, 0.2) is 97.1 Å². The Morgan fingerprint density at radius 3 is 1.00 bits per heavy atom. The quantitative estimate of drug-likeness (QED) is 0.224. The summed E-state index contributed by atoms with van der Waals surface area (Å²) in [6.07, 6.45) is 0. The summed E-state index contributed by atoms with van der Waals surface area (Å²) >= 11 is -4.06. The van der Waals surface area contributed by atoms with Gasteiger partial charge in [-0.2, -0.15) is 0 Å². The number of hydrogen-bond acceptors (Lipinski definition) is 0. The molecular formula is C28H25Cl2SiZr. The Morgan fingerprint density at radius 2 is 0.750 bits per heavy atom. The maximum atomic E-state index is 7.62. The van der Waals surface area contributed by atoms with Crippen LogP contribution in [-0.4, -0.2) is 5.92 Å². The topological polar surface area (TPSA) is 0 Å². The van der Waals surface area contributed by atoms with Crippen molar-refractivity contribution in [1.29, 1.82) is 0 Å². The molecule has 0 atom stereocenters. The average molecular weight is 552 g/mol. The second-order valence-corrected chi connectivity index (χ2v) is 57.2. The molecule has 4 heteroatoms. The van der Waals surface area contributed by atoms with Crippen molar-refractivity contribution in [1.82, 2.24) is 0 Å². The van der Waals surface area contributed by atoms with E-state index in [0.717, 1.165) is 0 Å². The van der Waals surface area contributed by atoms with Gasteiger partial charge in [0, 0.05) is 0 Å². The molecule has 0 saturated heterocycles. The van der Waals surface area contributed by atoms with E-state index in [9.17, 15) is 0 Å². The predicted octanol–water partition coefficient (Wildman–Crippen LogP) is 8.51. The fourth-order valence-electron chi connectivity index (χ4n) is 6.27. The summed E-state index contributed by atoms with van der Waals surface area (Å²) in [4.78, 5) is 0. The molecule has 0 unspecified atom stereocenters. The second-order valence-electron chi connectivity index (χ2n) is 9.95. The Morgan fingerprint density at radius 1 is 0.500 bits per heavy atom. The third kappa shape index (κ3) is 3.18. The maximum absolute atomic E-state index is 7.62. The summed E-state index contributed by atoms with van der Waals surface area (Å²) in [6, 6.07) is 35.7. The van der Waals surface area contributed by atoms with E-state index in [1.165, 1.54) is 44.5 Å². The number of benzene rings is 4. The summed E-state index contributed by atoms with van der Waals surface area (Å²) in [5.41, 5.74) is 11.8. The second kappa shape index (κ2) is 7.28. The van der Waals surface area contributed by atoms with Crippen molar-refractivity contribution < 1.29 is 15.6 Å². The molecule has 0 spiro atoms. The fourth-order valence-corrected chi connectivity index (χ4v) is 39.0. The van der Waals surface area contributed by atoms with Crippen LogP contribution >= 0.6 is 17.0 Å². The number of halogens is 2. The summed E-state index contributed by atoms with van der Waals surface area (Å²) in [5.74, 6) is -1.85. The van der Waals surface area contributed by atoms with Gasteiger partial charge in [-0.25, -0.2) is 0 Å². The summed E-state index contributed by atoms with van der Waals surface area (Å²) in [5, 5.41) is 0. The van der Waals surface area contributed by atoms with Crippen molar-refractivity contribution in [2.45, 2.75) is 20.3 Å². The van der Waals surface area contributed by atoms with Gasteiger partial charge in [-0.15, -0.1) is 0 Å². The SMILES string of the molecule is [CH3][Zr]([CH3])([Cl])([Cl])[SiH](C1c2ccccc2-c2ccccc21)C1c2ccccc2-c2ccccc21. The Bertz CT molecular complexity index is 1180. The van der Waals surface area contributed by atoms with Gasteiger partial charge >= 0.3 is 200 Å². The molecular weight excluding hydrogens is 527 g/mol. The van der Waals surface area contributed by atoms with Crippen molar-refractivity contribution >= 4 is 22.9 Å². The molecule has 0 amide bonds. The molecule has 0 bridgehead atoms. The standard InChI is InChI=1S/C26H19Si.2CH3.2ClH.Zr/c1-5-13-21-17(9-1)18-10-2-6-14-22(18)25(21)27-26-23-15-7-3-11-19(23)20-12-4-8-16-24(20)26;;;;;/h1-16,25-27H;2*1H3;2*1H;/q;;;;;+2/p-2. The molecule has 2 aliphatic carbocycles. The molecule has 32 heavy (non-hydrogen) atoms. The van der Waals surface area contributed by atoms with Crippen molar-refractivity contribution in [2.24, 2.45) is 0 Å². The van der Waals surface area contributed by atoms with Gasteiger partial charge in [0.2, 0.25) is 0 Å². The van der Waals surface area contributed by atoms with Gasteiger partial charge in [-0.3, -0.25) is 0 Å². The zero-order chi connectivity index (χ0) is 22.1. The fraction of sp³-hybridized carbons (Fsp3) is 0.143. The Kier molecular flexibility index (Phi) is 4.80. The van der Waals surface area contributed by atoms with Crippen molar-refractivity contribution in [3.05, 3.63) is 119 Å². The van der Waals surface area contributed by atoms with E-state index in [1.807, 2.05) is 0 Å². The first-order chi connectivity index (χ1) is 15.3. The molecule has 0 heterocycles. The van der Waals surface area contributed by atoms with Crippen LogP contribution in [0.2, 0.25) is 9.26 Å². The Balaban J connectivity index is 1.67. The van der Waals surface area contributed by atoms with Crippen molar-refractivity contribution in [3.8, 4) is 22.3 Å². The molecule has 0 aromatic heterocycles. The van der Waals surface area contributed by atoms with Gasteiger partial charge in [0.15, 0.2) is 0 Å². The molecule has 0 radical (unpaired) electrons. The van der Waals surface area contributed by atoms with Gasteiger partial charge < -0.3 is 0 Å². The van der Waals surface area contributed by atoms with Gasteiger partial charge in [-0.1, -0.05) is 0 Å². The third-order valence-corrected chi connectivity index (χ3v) is 39.5. The number of hydrogen-bond donors (Lipinski definition) is 0. The van der Waals surface area contributed by atoms with E-state index in [-0.39, 0.29) is 0 Å². The van der Waals surface area contributed by atoms with Gasteiger partial charge in [-0.05, 0) is 0 Å². The molecule has 0 nitrogen and oxygen atoms in total. The number of fused-ring (bicyclic) bond motifs is 6. The van der Waals surface area contributed by atoms with Crippen LogP contribution in [0.3, 0.4) is 0 Å². The van der Waals surface area contributed by atoms with Crippen LogP contribution in [-0.2, 0) is 15.6 Å². The van der Waals surface area contributed by atoms with Gasteiger partial charge in [0.25, 0.3) is 0 Å². The van der Waals surface area contributed by atoms with E-state index in [2.05, 4.69) is 106 Å². The van der Waals surface area contributed by atoms with Gasteiger partial charge in [0.05, 0.1) is 0 Å². The molecule has 159 valence electrons. The van der Waals surface area contributed by atoms with E-state index in [4.69, 9.17) is 17.0 Å². The first-order valence-electron chi connectivity index (χ1n) is 11.3. The number of rotatable bonds is 3. The van der Waals surface area contributed by atoms with Crippen molar-refractivity contribution in [3.63, 3.8) is 0 Å². The zero-order valence-electron chi connectivity index (χ0n) is 18.2. The normalized spacial score (nSPS) is 16.2. The van der Waals surface area contributed by atoms with Crippen LogP contribution in [0.4, 0.5) is 0 Å². The van der Waals surface area contributed by atoms with Crippen LogP contribution < -0.4 is 0 Å². The Labute approximate surface area is 199 Å². The van der Waals surface area contributed by atoms with Crippen molar-refractivity contribution in [2.75, 3.05) is 0 Å². The van der Waals surface area contributed by atoms with E-state index >= 15 is 0 Å². The summed E-state index contributed by atoms with van der Waals surface area (Å²) in [6.45, 7) is 0. The Hall–Kier alpha value is -1.44. The zero-order valence-corrected chi connectivity index (χ0v) is 23.4. The van der Waals surface area contributed by atoms with Crippen LogP contribution in [0.1, 0.15) is 33.3 Å². The monoisotopic (exact) mass is 549 g/mol. The van der Waals surface area contributed by atoms with E-state index < -0.39 is 21.5 Å². The summed E-state index contributed by atoms with van der Waals surface area (Å²) < 4.78 is 4.52. The van der Waals surface area contributed by atoms with Crippen LogP contribution in [0.25, 0.3) is 22.3 Å². The third-order valence-electron chi connectivity index (χ3n) is 7.40. The molecule has 0 saturated carbocycles. The molecule has 2 aliphatic rings. The van der Waals surface area contributed by atoms with Gasteiger partial charge in [0.1, 0.15) is 0 Å². The molecule has 0 aliphatic heterocycles. The minimum absolute atomic E-state index is 0.322. The first-order valence-corrected chi connectivity index (χ1v) is 28.7. The van der Waals surface area contributed by atoms with E-state index in [0.29, 0.717) is 11.1 Å². The predicted molar refractivity (Wildman–Crippen MR) is 138 cm³/mol. The van der Waals surface area contributed by atoms with E-state index in [1.54, 1.807) is 0 Å². The molecule has 4 aromatic rings. The first kappa shape index (κ1) is 21.1. The molecule has 6 rings (SSSR count). The molecule has 4 aromatic carbocycles. The molecule has 0 fully saturated rings. The molecule has 0 N–H and O–H groups in total. The van der Waals surface area contributed by atoms with Crippen LogP contribution in [0.5, 0.6) is 0 Å².